The second-order valence-corrected chi connectivity index (χ2v) is 5.98. The first-order valence-corrected chi connectivity index (χ1v) is 8.16. The van der Waals surface area contributed by atoms with E-state index in [-0.39, 0.29) is 29.9 Å². The van der Waals surface area contributed by atoms with Gasteiger partial charge < -0.3 is 18.5 Å². The van der Waals surface area contributed by atoms with Gasteiger partial charge in [-0.05, 0) is 24.3 Å². The smallest absolute Gasteiger partial charge is 0.290 e. The van der Waals surface area contributed by atoms with Gasteiger partial charge in [-0.15, -0.1) is 0 Å². The van der Waals surface area contributed by atoms with E-state index < -0.39 is 0 Å². The van der Waals surface area contributed by atoms with Crippen molar-refractivity contribution in [2.24, 2.45) is 0 Å². The normalized spacial score (nSPS) is 17.8. The summed E-state index contributed by atoms with van der Waals surface area (Å²) >= 11 is 0. The fourth-order valence-corrected chi connectivity index (χ4v) is 3.07. The van der Waals surface area contributed by atoms with Gasteiger partial charge in [0.25, 0.3) is 5.91 Å². The molecule has 0 saturated carbocycles. The number of carbonyl (C=O) groups is 2. The molecule has 1 aliphatic heterocycles. The molecule has 3 heterocycles. The molecule has 1 aromatic carbocycles. The molecule has 0 spiro atoms. The molecular formula is C19H17NO5. The average Bonchev–Trinajstić information content (AvgIpc) is 3.31. The van der Waals surface area contributed by atoms with Gasteiger partial charge in [-0.3, -0.25) is 9.59 Å². The molecule has 0 N–H and O–H groups in total. The number of ether oxygens (including phenoxy) is 1. The number of hydrogen-bond acceptors (Lipinski definition) is 5. The highest BCUT2D eigenvalue weighted by Gasteiger charge is 2.32. The molecule has 3 aromatic rings. The van der Waals surface area contributed by atoms with Crippen molar-refractivity contribution in [2.45, 2.75) is 12.5 Å². The second kappa shape index (κ2) is 6.57. The summed E-state index contributed by atoms with van der Waals surface area (Å²) in [6, 6.07) is 12.2. The third-order valence-electron chi connectivity index (χ3n) is 4.34. The number of ketones is 1. The van der Waals surface area contributed by atoms with Gasteiger partial charge in [-0.25, -0.2) is 0 Å². The van der Waals surface area contributed by atoms with Crippen LogP contribution in [-0.4, -0.2) is 42.4 Å². The van der Waals surface area contributed by atoms with Crippen molar-refractivity contribution in [3.8, 4) is 0 Å². The zero-order valence-corrected chi connectivity index (χ0v) is 13.5. The summed E-state index contributed by atoms with van der Waals surface area (Å²) in [7, 11) is 0. The van der Waals surface area contributed by atoms with Crippen LogP contribution in [0.2, 0.25) is 0 Å². The highest BCUT2D eigenvalue weighted by molar-refractivity contribution is 5.97. The van der Waals surface area contributed by atoms with E-state index in [4.69, 9.17) is 13.6 Å². The van der Waals surface area contributed by atoms with Crippen LogP contribution in [0.3, 0.4) is 0 Å². The summed E-state index contributed by atoms with van der Waals surface area (Å²) < 4.78 is 16.3. The van der Waals surface area contributed by atoms with Crippen LogP contribution in [0, 0.1) is 0 Å². The van der Waals surface area contributed by atoms with Crippen molar-refractivity contribution in [1.82, 2.24) is 4.90 Å². The summed E-state index contributed by atoms with van der Waals surface area (Å²) in [6.07, 6.45) is 1.61. The van der Waals surface area contributed by atoms with E-state index in [0.29, 0.717) is 31.1 Å². The topological polar surface area (TPSA) is 72.9 Å². The van der Waals surface area contributed by atoms with E-state index in [2.05, 4.69) is 0 Å². The molecule has 1 amide bonds. The molecule has 128 valence electrons. The molecule has 1 fully saturated rings. The van der Waals surface area contributed by atoms with Crippen molar-refractivity contribution in [1.29, 1.82) is 0 Å². The van der Waals surface area contributed by atoms with E-state index in [1.165, 1.54) is 6.26 Å². The lowest BCUT2D eigenvalue weighted by Gasteiger charge is -2.34. The zero-order chi connectivity index (χ0) is 17.2. The maximum Gasteiger partial charge on any atom is 0.290 e. The molecule has 1 atom stereocenters. The van der Waals surface area contributed by atoms with Crippen molar-refractivity contribution >= 4 is 22.7 Å². The SMILES string of the molecule is O=C(C[C@H]1COCCN1C(=O)c1cc2ccccc2o1)c1ccco1. The largest absolute Gasteiger partial charge is 0.461 e. The maximum atomic E-state index is 12.9. The predicted octanol–water partition coefficient (Wildman–Crippen LogP) is 3.14. The molecular weight excluding hydrogens is 322 g/mol. The number of rotatable bonds is 4. The van der Waals surface area contributed by atoms with Crippen LogP contribution in [-0.2, 0) is 4.74 Å². The number of Topliss-reactive ketones (excluding diaryl/α,β-unsaturated/α-hetero) is 1. The lowest BCUT2D eigenvalue weighted by atomic mass is 10.1. The molecule has 4 rings (SSSR count). The highest BCUT2D eigenvalue weighted by atomic mass is 16.5. The number of nitrogens with zero attached hydrogens (tertiary/aromatic N) is 1. The van der Waals surface area contributed by atoms with Crippen LogP contribution >= 0.6 is 0 Å². The van der Waals surface area contributed by atoms with Crippen LogP contribution < -0.4 is 0 Å². The molecule has 0 unspecified atom stereocenters. The van der Waals surface area contributed by atoms with E-state index in [1.54, 1.807) is 23.1 Å². The minimum absolute atomic E-state index is 0.150. The van der Waals surface area contributed by atoms with Gasteiger partial charge in [-0.1, -0.05) is 18.2 Å². The van der Waals surface area contributed by atoms with Crippen LogP contribution in [0.5, 0.6) is 0 Å². The first kappa shape index (κ1) is 15.7. The number of amides is 1. The van der Waals surface area contributed by atoms with Crippen molar-refractivity contribution < 1.29 is 23.2 Å². The molecule has 1 aliphatic rings. The van der Waals surface area contributed by atoms with Gasteiger partial charge in [0.05, 0.1) is 25.5 Å². The van der Waals surface area contributed by atoms with Crippen LogP contribution in [0.1, 0.15) is 27.5 Å². The first-order valence-electron chi connectivity index (χ1n) is 8.16. The van der Waals surface area contributed by atoms with Gasteiger partial charge in [0.1, 0.15) is 5.58 Å². The van der Waals surface area contributed by atoms with Crippen LogP contribution in [0.4, 0.5) is 0 Å². The minimum atomic E-state index is -0.341. The number of morpholine rings is 1. The fourth-order valence-electron chi connectivity index (χ4n) is 3.07. The Morgan fingerprint density at radius 1 is 1.12 bits per heavy atom. The summed E-state index contributed by atoms with van der Waals surface area (Å²) in [5.41, 5.74) is 0.669. The van der Waals surface area contributed by atoms with Crippen LogP contribution in [0.25, 0.3) is 11.0 Å². The monoisotopic (exact) mass is 339 g/mol. The lowest BCUT2D eigenvalue weighted by molar-refractivity contribution is -0.00442. The molecule has 0 radical (unpaired) electrons. The fraction of sp³-hybridized carbons (Fsp3) is 0.263. The third-order valence-corrected chi connectivity index (χ3v) is 4.34. The zero-order valence-electron chi connectivity index (χ0n) is 13.5. The summed E-state index contributed by atoms with van der Waals surface area (Å²) in [5, 5.41) is 0.877. The third kappa shape index (κ3) is 3.08. The molecule has 2 aromatic heterocycles. The van der Waals surface area contributed by atoms with Gasteiger partial charge in [-0.2, -0.15) is 0 Å². The lowest BCUT2D eigenvalue weighted by Crippen LogP contribution is -2.49. The van der Waals surface area contributed by atoms with E-state index in [0.717, 1.165) is 5.39 Å². The Bertz CT molecular complexity index is 863. The van der Waals surface area contributed by atoms with Crippen molar-refractivity contribution in [3.05, 3.63) is 60.2 Å². The van der Waals surface area contributed by atoms with Gasteiger partial charge in [0.15, 0.2) is 17.3 Å². The van der Waals surface area contributed by atoms with Gasteiger partial charge in [0, 0.05) is 18.4 Å². The Morgan fingerprint density at radius 2 is 2.00 bits per heavy atom. The molecule has 25 heavy (non-hydrogen) atoms. The standard InChI is InChI=1S/C19H17NO5/c21-15(17-6-3-8-24-17)11-14-12-23-9-7-20(14)19(22)18-10-13-4-1-2-5-16(13)25-18/h1-6,8,10,14H,7,9,11-12H2/t14-/m0/s1. The van der Waals surface area contributed by atoms with E-state index in [9.17, 15) is 9.59 Å². The Kier molecular flexibility index (Phi) is 4.11. The molecule has 0 aliphatic carbocycles. The quantitative estimate of drug-likeness (QED) is 0.683. The Labute approximate surface area is 144 Å². The average molecular weight is 339 g/mol. The van der Waals surface area contributed by atoms with E-state index >= 15 is 0 Å². The Morgan fingerprint density at radius 3 is 2.80 bits per heavy atom. The molecule has 6 heteroatoms. The van der Waals surface area contributed by atoms with Gasteiger partial charge in [0.2, 0.25) is 0 Å². The number of hydrogen-bond donors (Lipinski definition) is 0. The number of benzene rings is 1. The van der Waals surface area contributed by atoms with Crippen molar-refractivity contribution in [3.63, 3.8) is 0 Å². The number of para-hydroxylation sites is 1. The summed E-state index contributed by atoms with van der Waals surface area (Å²) in [5.74, 6) is 0.194. The number of fused-ring (bicyclic) bond motifs is 1. The number of furan rings is 2. The van der Waals surface area contributed by atoms with Crippen molar-refractivity contribution in [2.75, 3.05) is 19.8 Å². The summed E-state index contributed by atoms with van der Waals surface area (Å²) in [6.45, 7) is 1.18. The van der Waals surface area contributed by atoms with Crippen LogP contribution in [0.15, 0.2) is 57.6 Å². The molecule has 6 nitrogen and oxygen atoms in total. The van der Waals surface area contributed by atoms with E-state index in [1.807, 2.05) is 24.3 Å². The second-order valence-electron chi connectivity index (χ2n) is 5.98. The predicted molar refractivity (Wildman–Crippen MR) is 89.5 cm³/mol. The summed E-state index contributed by atoms with van der Waals surface area (Å²) in [4.78, 5) is 26.9. The van der Waals surface area contributed by atoms with Gasteiger partial charge >= 0.3 is 0 Å². The first-order chi connectivity index (χ1) is 12.2. The number of carbonyl (C=O) groups excluding carboxylic acids is 2. The molecule has 1 saturated heterocycles. The minimum Gasteiger partial charge on any atom is -0.461 e. The Hall–Kier alpha value is -2.86. The Balaban J connectivity index is 1.55. The maximum absolute atomic E-state index is 12.9. The molecule has 0 bridgehead atoms. The highest BCUT2D eigenvalue weighted by Crippen LogP contribution is 2.23.